The lowest BCUT2D eigenvalue weighted by Crippen LogP contribution is -2.16. The standard InChI is InChI=1S/C18H18FNO/c1-18(2)15(12-6-4-3-5-7-12)16(18)17(21)20-14-10-8-13(19)9-11-14/h3-11,15-16H,1-2H3,(H,20,21)/t15-,16+/m0/s1. The molecule has 3 heteroatoms. The van der Waals surface area contributed by atoms with Crippen LogP contribution in [0.5, 0.6) is 0 Å². The molecule has 0 unspecified atom stereocenters. The minimum absolute atomic E-state index is 0.000427. The Balaban J connectivity index is 1.75. The van der Waals surface area contributed by atoms with Gasteiger partial charge in [0.15, 0.2) is 0 Å². The van der Waals surface area contributed by atoms with Crippen molar-refractivity contribution < 1.29 is 9.18 Å². The highest BCUT2D eigenvalue weighted by Gasteiger charge is 2.62. The number of anilines is 1. The Bertz CT molecular complexity index is 649. The molecule has 0 spiro atoms. The first kappa shape index (κ1) is 13.8. The zero-order valence-corrected chi connectivity index (χ0v) is 12.1. The van der Waals surface area contributed by atoms with Crippen LogP contribution in [0, 0.1) is 17.2 Å². The van der Waals surface area contributed by atoms with E-state index in [0.29, 0.717) is 5.69 Å². The van der Waals surface area contributed by atoms with Gasteiger partial charge in [-0.2, -0.15) is 0 Å². The fraction of sp³-hybridized carbons (Fsp3) is 0.278. The minimum atomic E-state index is -0.304. The second kappa shape index (κ2) is 4.99. The van der Waals surface area contributed by atoms with Gasteiger partial charge in [0.1, 0.15) is 5.82 Å². The van der Waals surface area contributed by atoms with Crippen molar-refractivity contribution in [3.63, 3.8) is 0 Å². The predicted octanol–water partition coefficient (Wildman–Crippen LogP) is 4.20. The highest BCUT2D eigenvalue weighted by Crippen LogP contribution is 2.64. The van der Waals surface area contributed by atoms with Crippen LogP contribution in [0.25, 0.3) is 0 Å². The second-order valence-corrected chi connectivity index (χ2v) is 6.18. The molecule has 1 N–H and O–H groups in total. The molecule has 21 heavy (non-hydrogen) atoms. The molecular weight excluding hydrogens is 265 g/mol. The lowest BCUT2D eigenvalue weighted by atomic mass is 10.0. The third kappa shape index (κ3) is 2.56. The van der Waals surface area contributed by atoms with Crippen molar-refractivity contribution in [3.05, 3.63) is 66.0 Å². The van der Waals surface area contributed by atoms with Gasteiger partial charge in [-0.25, -0.2) is 4.39 Å². The van der Waals surface area contributed by atoms with Gasteiger partial charge in [-0.05, 0) is 35.2 Å². The molecule has 2 nitrogen and oxygen atoms in total. The van der Waals surface area contributed by atoms with Crippen molar-refractivity contribution in [2.75, 3.05) is 5.32 Å². The summed E-state index contributed by atoms with van der Waals surface area (Å²) >= 11 is 0. The Morgan fingerprint density at radius 1 is 1.05 bits per heavy atom. The third-order valence-electron chi connectivity index (χ3n) is 4.38. The number of hydrogen-bond acceptors (Lipinski definition) is 1. The van der Waals surface area contributed by atoms with Crippen LogP contribution >= 0.6 is 0 Å². The summed E-state index contributed by atoms with van der Waals surface area (Å²) in [6.07, 6.45) is 0. The zero-order chi connectivity index (χ0) is 15.0. The van der Waals surface area contributed by atoms with E-state index in [0.717, 1.165) is 0 Å². The molecule has 1 fully saturated rings. The van der Waals surface area contributed by atoms with Gasteiger partial charge in [0.25, 0.3) is 0 Å². The summed E-state index contributed by atoms with van der Waals surface area (Å²) < 4.78 is 12.9. The van der Waals surface area contributed by atoms with Crippen molar-refractivity contribution in [2.24, 2.45) is 11.3 Å². The molecule has 0 heterocycles. The Hall–Kier alpha value is -2.16. The van der Waals surface area contributed by atoms with Crippen LogP contribution in [-0.2, 0) is 4.79 Å². The molecular formula is C18H18FNO. The molecule has 0 aliphatic heterocycles. The van der Waals surface area contributed by atoms with Gasteiger partial charge in [-0.1, -0.05) is 44.2 Å². The van der Waals surface area contributed by atoms with E-state index >= 15 is 0 Å². The maximum Gasteiger partial charge on any atom is 0.228 e. The van der Waals surface area contributed by atoms with Crippen LogP contribution in [0.4, 0.5) is 10.1 Å². The lowest BCUT2D eigenvalue weighted by Gasteiger charge is -2.05. The monoisotopic (exact) mass is 283 g/mol. The largest absolute Gasteiger partial charge is 0.326 e. The molecule has 1 amide bonds. The van der Waals surface area contributed by atoms with Gasteiger partial charge < -0.3 is 5.32 Å². The van der Waals surface area contributed by atoms with Gasteiger partial charge in [-0.3, -0.25) is 4.79 Å². The van der Waals surface area contributed by atoms with E-state index in [9.17, 15) is 9.18 Å². The number of rotatable bonds is 3. The molecule has 3 rings (SSSR count). The topological polar surface area (TPSA) is 29.1 Å². The molecule has 1 saturated carbocycles. The summed E-state index contributed by atoms with van der Waals surface area (Å²) in [7, 11) is 0. The molecule has 2 atom stereocenters. The number of carbonyl (C=O) groups is 1. The van der Waals surface area contributed by atoms with Crippen molar-refractivity contribution in [1.82, 2.24) is 0 Å². The zero-order valence-electron chi connectivity index (χ0n) is 12.1. The van der Waals surface area contributed by atoms with Gasteiger partial charge in [0.2, 0.25) is 5.91 Å². The summed E-state index contributed by atoms with van der Waals surface area (Å²) in [5, 5.41) is 2.88. The minimum Gasteiger partial charge on any atom is -0.326 e. The van der Waals surface area contributed by atoms with Crippen LogP contribution in [0.3, 0.4) is 0 Å². The van der Waals surface area contributed by atoms with E-state index in [4.69, 9.17) is 0 Å². The lowest BCUT2D eigenvalue weighted by molar-refractivity contribution is -0.118. The Morgan fingerprint density at radius 2 is 1.67 bits per heavy atom. The third-order valence-corrected chi connectivity index (χ3v) is 4.38. The Kier molecular flexibility index (Phi) is 3.28. The Morgan fingerprint density at radius 3 is 2.29 bits per heavy atom. The van der Waals surface area contributed by atoms with Crippen LogP contribution in [0.15, 0.2) is 54.6 Å². The average molecular weight is 283 g/mol. The highest BCUT2D eigenvalue weighted by atomic mass is 19.1. The van der Waals surface area contributed by atoms with E-state index in [1.807, 2.05) is 18.2 Å². The fourth-order valence-corrected chi connectivity index (χ4v) is 3.16. The molecule has 0 radical (unpaired) electrons. The fourth-order valence-electron chi connectivity index (χ4n) is 3.16. The predicted molar refractivity (Wildman–Crippen MR) is 81.5 cm³/mol. The number of hydrogen-bond donors (Lipinski definition) is 1. The first-order valence-corrected chi connectivity index (χ1v) is 7.11. The molecule has 0 aromatic heterocycles. The van der Waals surface area contributed by atoms with Crippen molar-refractivity contribution in [2.45, 2.75) is 19.8 Å². The first-order chi connectivity index (χ1) is 10.00. The van der Waals surface area contributed by atoms with E-state index in [-0.39, 0.29) is 29.0 Å². The van der Waals surface area contributed by atoms with Crippen LogP contribution in [0.2, 0.25) is 0 Å². The summed E-state index contributed by atoms with van der Waals surface area (Å²) in [4.78, 5) is 12.5. The van der Waals surface area contributed by atoms with Crippen molar-refractivity contribution >= 4 is 11.6 Å². The van der Waals surface area contributed by atoms with Crippen molar-refractivity contribution in [3.8, 4) is 0 Å². The summed E-state index contributed by atoms with van der Waals surface area (Å²) in [6.45, 7) is 4.22. The van der Waals surface area contributed by atoms with Crippen molar-refractivity contribution in [1.29, 1.82) is 0 Å². The van der Waals surface area contributed by atoms with E-state index < -0.39 is 0 Å². The summed E-state index contributed by atoms with van der Waals surface area (Å²) in [6, 6.07) is 16.0. The SMILES string of the molecule is CC1(C)[C@@H](C(=O)Nc2ccc(F)cc2)[C@@H]1c1ccccc1. The normalized spacial score (nSPS) is 22.6. The maximum atomic E-state index is 12.9. The number of amides is 1. The molecule has 2 aromatic carbocycles. The number of benzene rings is 2. The van der Waals surface area contributed by atoms with E-state index in [1.54, 1.807) is 12.1 Å². The van der Waals surface area contributed by atoms with Gasteiger partial charge in [-0.15, -0.1) is 0 Å². The summed E-state index contributed by atoms with van der Waals surface area (Å²) in [5.74, 6) is -0.119. The molecule has 0 bridgehead atoms. The highest BCUT2D eigenvalue weighted by molar-refractivity contribution is 5.96. The molecule has 2 aromatic rings. The molecule has 108 valence electrons. The van der Waals surface area contributed by atoms with Gasteiger partial charge in [0.05, 0.1) is 5.92 Å². The number of nitrogens with one attached hydrogen (secondary N) is 1. The van der Waals surface area contributed by atoms with E-state index in [1.165, 1.54) is 17.7 Å². The first-order valence-electron chi connectivity index (χ1n) is 7.11. The van der Waals surface area contributed by atoms with Gasteiger partial charge in [0, 0.05) is 11.6 Å². The quantitative estimate of drug-likeness (QED) is 0.898. The number of carbonyl (C=O) groups excluding carboxylic acids is 1. The summed E-state index contributed by atoms with van der Waals surface area (Å²) in [5.41, 5.74) is 1.78. The van der Waals surface area contributed by atoms with Crippen LogP contribution in [0.1, 0.15) is 25.3 Å². The van der Waals surface area contributed by atoms with E-state index in [2.05, 4.69) is 31.3 Å². The smallest absolute Gasteiger partial charge is 0.228 e. The maximum absolute atomic E-state index is 12.9. The second-order valence-electron chi connectivity index (χ2n) is 6.18. The van der Waals surface area contributed by atoms with Crippen LogP contribution in [-0.4, -0.2) is 5.91 Å². The van der Waals surface area contributed by atoms with Crippen LogP contribution < -0.4 is 5.32 Å². The molecule has 1 aliphatic rings. The number of halogens is 1. The Labute approximate surface area is 124 Å². The van der Waals surface area contributed by atoms with Gasteiger partial charge >= 0.3 is 0 Å². The molecule has 0 saturated heterocycles. The average Bonchev–Trinajstić information content (AvgIpc) is 3.05. The molecule has 1 aliphatic carbocycles.